The molecule has 0 radical (unpaired) electrons. The van der Waals surface area contributed by atoms with Gasteiger partial charge >= 0.3 is 0 Å². The summed E-state index contributed by atoms with van der Waals surface area (Å²) < 4.78 is 5.64. The van der Waals surface area contributed by atoms with Crippen molar-refractivity contribution in [3.05, 3.63) is 33.5 Å². The van der Waals surface area contributed by atoms with E-state index in [4.69, 9.17) is 9.68 Å². The van der Waals surface area contributed by atoms with Crippen LogP contribution in [0.25, 0.3) is 0 Å². The lowest BCUT2D eigenvalue weighted by molar-refractivity contribution is 0.439. The van der Waals surface area contributed by atoms with E-state index in [2.05, 4.69) is 29.4 Å². The Labute approximate surface area is 128 Å². The standard InChI is InChI=1S/C15H18N4OS/c1-4-11(5-2)14-18-12(8-16)15(20-14)19-17-9-13-10(3)6-7-21-13/h6-7,9,11,19H,4-5H2,1-3H3/b17-9+. The number of aromatic nitrogens is 1. The molecule has 2 aromatic heterocycles. The van der Waals surface area contributed by atoms with Gasteiger partial charge in [0, 0.05) is 10.8 Å². The fourth-order valence-electron chi connectivity index (χ4n) is 1.97. The van der Waals surface area contributed by atoms with Crippen molar-refractivity contribution in [3.63, 3.8) is 0 Å². The largest absolute Gasteiger partial charge is 0.422 e. The molecule has 110 valence electrons. The quantitative estimate of drug-likeness (QED) is 0.639. The monoisotopic (exact) mass is 302 g/mol. The Bertz CT molecular complexity index is 662. The third-order valence-corrected chi connectivity index (χ3v) is 4.29. The van der Waals surface area contributed by atoms with Crippen molar-refractivity contribution in [2.75, 3.05) is 5.43 Å². The van der Waals surface area contributed by atoms with Gasteiger partial charge in [-0.15, -0.1) is 11.3 Å². The Balaban J connectivity index is 2.15. The molecule has 0 atom stereocenters. The lowest BCUT2D eigenvalue weighted by Gasteiger charge is -2.05. The first-order valence-electron chi connectivity index (χ1n) is 6.93. The van der Waals surface area contributed by atoms with Gasteiger partial charge in [-0.2, -0.15) is 10.4 Å². The maximum atomic E-state index is 9.12. The van der Waals surface area contributed by atoms with E-state index in [0.29, 0.717) is 11.8 Å². The van der Waals surface area contributed by atoms with Crippen LogP contribution in [0.15, 0.2) is 21.0 Å². The lowest BCUT2D eigenvalue weighted by atomic mass is 10.0. The maximum Gasteiger partial charge on any atom is 0.252 e. The van der Waals surface area contributed by atoms with E-state index in [1.165, 1.54) is 5.56 Å². The minimum absolute atomic E-state index is 0.233. The zero-order chi connectivity index (χ0) is 15.2. The Hall–Kier alpha value is -2.13. The van der Waals surface area contributed by atoms with Crippen molar-refractivity contribution in [2.24, 2.45) is 5.10 Å². The number of rotatable bonds is 6. The molecule has 0 aliphatic carbocycles. The number of hydrogen-bond acceptors (Lipinski definition) is 6. The van der Waals surface area contributed by atoms with Crippen molar-refractivity contribution in [1.82, 2.24) is 4.98 Å². The van der Waals surface area contributed by atoms with Crippen molar-refractivity contribution < 1.29 is 4.42 Å². The first-order valence-corrected chi connectivity index (χ1v) is 7.81. The summed E-state index contributed by atoms with van der Waals surface area (Å²) in [6.45, 7) is 6.18. The average molecular weight is 302 g/mol. The minimum Gasteiger partial charge on any atom is -0.422 e. The van der Waals surface area contributed by atoms with Crippen LogP contribution in [-0.2, 0) is 0 Å². The predicted molar refractivity (Wildman–Crippen MR) is 84.8 cm³/mol. The van der Waals surface area contributed by atoms with Gasteiger partial charge in [-0.3, -0.25) is 0 Å². The van der Waals surface area contributed by atoms with Gasteiger partial charge in [0.25, 0.3) is 5.88 Å². The molecule has 21 heavy (non-hydrogen) atoms. The Morgan fingerprint density at radius 2 is 2.29 bits per heavy atom. The minimum atomic E-state index is 0.233. The van der Waals surface area contributed by atoms with Crippen molar-refractivity contribution >= 4 is 23.4 Å². The molecular weight excluding hydrogens is 284 g/mol. The molecule has 0 saturated heterocycles. The van der Waals surface area contributed by atoms with Crippen LogP contribution in [0.4, 0.5) is 5.88 Å². The third-order valence-electron chi connectivity index (χ3n) is 3.33. The summed E-state index contributed by atoms with van der Waals surface area (Å²) in [7, 11) is 0. The highest BCUT2D eigenvalue weighted by Crippen LogP contribution is 2.27. The van der Waals surface area contributed by atoms with Gasteiger partial charge in [0.2, 0.25) is 11.6 Å². The molecule has 2 rings (SSSR count). The van der Waals surface area contributed by atoms with Crippen LogP contribution in [-0.4, -0.2) is 11.2 Å². The first-order chi connectivity index (χ1) is 10.2. The SMILES string of the molecule is CCC(CC)c1nc(C#N)c(N/N=C/c2sccc2C)o1. The second kappa shape index (κ2) is 7.04. The highest BCUT2D eigenvalue weighted by Gasteiger charge is 2.18. The summed E-state index contributed by atoms with van der Waals surface area (Å²) in [6.07, 6.45) is 3.58. The number of oxazole rings is 1. The number of nitrogens with one attached hydrogen (secondary N) is 1. The molecular formula is C15H18N4OS. The Kier molecular flexibility index (Phi) is 5.12. The van der Waals surface area contributed by atoms with Crippen LogP contribution in [0.5, 0.6) is 0 Å². The van der Waals surface area contributed by atoms with Crippen molar-refractivity contribution in [2.45, 2.75) is 39.5 Å². The molecule has 6 heteroatoms. The van der Waals surface area contributed by atoms with E-state index in [1.807, 2.05) is 24.4 Å². The zero-order valence-electron chi connectivity index (χ0n) is 12.4. The fourth-order valence-corrected chi connectivity index (χ4v) is 2.75. The van der Waals surface area contributed by atoms with Crippen LogP contribution in [0, 0.1) is 18.3 Å². The lowest BCUT2D eigenvalue weighted by Crippen LogP contribution is -1.95. The van der Waals surface area contributed by atoms with E-state index >= 15 is 0 Å². The van der Waals surface area contributed by atoms with Gasteiger partial charge in [0.1, 0.15) is 6.07 Å². The Morgan fingerprint density at radius 3 is 2.86 bits per heavy atom. The number of hydrogen-bond donors (Lipinski definition) is 1. The van der Waals surface area contributed by atoms with Gasteiger partial charge in [-0.25, -0.2) is 10.4 Å². The summed E-state index contributed by atoms with van der Waals surface area (Å²) in [5.41, 5.74) is 4.19. The second-order valence-corrected chi connectivity index (χ2v) is 5.64. The maximum absolute atomic E-state index is 9.12. The highest BCUT2D eigenvalue weighted by molar-refractivity contribution is 7.11. The van der Waals surface area contributed by atoms with Crippen LogP contribution >= 0.6 is 11.3 Å². The van der Waals surface area contributed by atoms with E-state index in [1.54, 1.807) is 17.6 Å². The summed E-state index contributed by atoms with van der Waals surface area (Å²) in [5, 5.41) is 15.3. The molecule has 0 aliphatic heterocycles. The van der Waals surface area contributed by atoms with E-state index in [9.17, 15) is 0 Å². The molecule has 0 bridgehead atoms. The topological polar surface area (TPSA) is 74.2 Å². The molecule has 2 heterocycles. The van der Waals surface area contributed by atoms with Crippen LogP contribution in [0.1, 0.15) is 54.6 Å². The molecule has 0 aromatic carbocycles. The predicted octanol–water partition coefficient (Wildman–Crippen LogP) is 4.27. The molecule has 0 fully saturated rings. The Morgan fingerprint density at radius 1 is 1.52 bits per heavy atom. The third kappa shape index (κ3) is 3.50. The van der Waals surface area contributed by atoms with Crippen molar-refractivity contribution in [1.29, 1.82) is 5.26 Å². The number of thiophene rings is 1. The molecule has 1 N–H and O–H groups in total. The molecule has 5 nitrogen and oxygen atoms in total. The van der Waals surface area contributed by atoms with Gasteiger partial charge in [0.15, 0.2) is 0 Å². The normalized spacial score (nSPS) is 11.2. The molecule has 0 spiro atoms. The van der Waals surface area contributed by atoms with E-state index in [-0.39, 0.29) is 11.6 Å². The molecule has 0 saturated carbocycles. The summed E-state index contributed by atoms with van der Waals surface area (Å²) in [6, 6.07) is 4.07. The summed E-state index contributed by atoms with van der Waals surface area (Å²) in [5.74, 6) is 1.14. The average Bonchev–Trinajstić information content (AvgIpc) is 3.07. The van der Waals surface area contributed by atoms with Crippen LogP contribution in [0.2, 0.25) is 0 Å². The number of nitrogens with zero attached hydrogens (tertiary/aromatic N) is 3. The van der Waals surface area contributed by atoms with Gasteiger partial charge in [-0.05, 0) is 36.8 Å². The summed E-state index contributed by atoms with van der Waals surface area (Å²) in [4.78, 5) is 5.31. The smallest absolute Gasteiger partial charge is 0.252 e. The molecule has 0 aliphatic rings. The zero-order valence-corrected chi connectivity index (χ0v) is 13.2. The second-order valence-electron chi connectivity index (χ2n) is 4.69. The number of nitriles is 1. The van der Waals surface area contributed by atoms with Gasteiger partial charge < -0.3 is 4.42 Å². The summed E-state index contributed by atoms with van der Waals surface area (Å²) >= 11 is 1.61. The van der Waals surface area contributed by atoms with Crippen LogP contribution < -0.4 is 5.43 Å². The van der Waals surface area contributed by atoms with Crippen LogP contribution in [0.3, 0.4) is 0 Å². The van der Waals surface area contributed by atoms with Crippen molar-refractivity contribution in [3.8, 4) is 6.07 Å². The number of hydrazone groups is 1. The van der Waals surface area contributed by atoms with E-state index < -0.39 is 0 Å². The van der Waals surface area contributed by atoms with Gasteiger partial charge in [-0.1, -0.05) is 13.8 Å². The van der Waals surface area contributed by atoms with E-state index in [0.717, 1.165) is 17.7 Å². The first kappa shape index (κ1) is 15.3. The van der Waals surface area contributed by atoms with Gasteiger partial charge in [0.05, 0.1) is 6.21 Å². The fraction of sp³-hybridized carbons (Fsp3) is 0.400. The molecule has 0 amide bonds. The number of aryl methyl sites for hydroxylation is 1. The highest BCUT2D eigenvalue weighted by atomic mass is 32.1. The molecule has 0 unspecified atom stereocenters. The molecule has 2 aromatic rings. The number of anilines is 1.